The normalized spacial score (nSPS) is 13.6. The van der Waals surface area contributed by atoms with Gasteiger partial charge in [-0.05, 0) is 60.5 Å². The molecule has 0 aromatic heterocycles. The van der Waals surface area contributed by atoms with Gasteiger partial charge in [-0.15, -0.1) is 0 Å². The van der Waals surface area contributed by atoms with E-state index in [1.54, 1.807) is 60.7 Å². The maximum absolute atomic E-state index is 12.6. The fourth-order valence-electron chi connectivity index (χ4n) is 4.71. The minimum Gasteiger partial charge on any atom is -0.493 e. The second-order valence-electron chi connectivity index (χ2n) is 9.59. The lowest BCUT2D eigenvalue weighted by Gasteiger charge is -2.27. The van der Waals surface area contributed by atoms with Crippen molar-refractivity contribution in [3.05, 3.63) is 118 Å². The summed E-state index contributed by atoms with van der Waals surface area (Å²) in [6.07, 6.45) is 0. The molecule has 1 aliphatic heterocycles. The van der Waals surface area contributed by atoms with E-state index in [4.69, 9.17) is 45.8 Å². The number of para-hydroxylation sites is 2. The van der Waals surface area contributed by atoms with Crippen molar-refractivity contribution in [1.29, 1.82) is 5.26 Å². The van der Waals surface area contributed by atoms with E-state index in [2.05, 4.69) is 6.07 Å². The molecule has 1 heterocycles. The summed E-state index contributed by atoms with van der Waals surface area (Å²) in [6.45, 7) is 2.26. The Morgan fingerprint density at radius 3 is 2.41 bits per heavy atom. The van der Waals surface area contributed by atoms with Crippen LogP contribution in [0.5, 0.6) is 34.5 Å². The van der Waals surface area contributed by atoms with Gasteiger partial charge in [-0.3, -0.25) is 0 Å². The van der Waals surface area contributed by atoms with Gasteiger partial charge in [-0.1, -0.05) is 48.0 Å². The van der Waals surface area contributed by atoms with Crippen LogP contribution in [0.3, 0.4) is 0 Å². The van der Waals surface area contributed by atoms with E-state index < -0.39 is 11.9 Å². The minimum atomic E-state index is -0.625. The zero-order valence-corrected chi connectivity index (χ0v) is 24.8. The van der Waals surface area contributed by atoms with Gasteiger partial charge in [0.1, 0.15) is 29.7 Å². The van der Waals surface area contributed by atoms with Crippen molar-refractivity contribution in [2.75, 3.05) is 20.3 Å². The Bertz CT molecular complexity index is 1730. The van der Waals surface area contributed by atoms with Crippen LogP contribution in [0.15, 0.2) is 96.4 Å². The number of methoxy groups -OCH3 is 1. The van der Waals surface area contributed by atoms with Crippen LogP contribution in [0.1, 0.15) is 29.5 Å². The summed E-state index contributed by atoms with van der Waals surface area (Å²) in [5.74, 6) is 1.32. The van der Waals surface area contributed by atoms with Crippen LogP contribution in [0, 0.1) is 11.3 Å². The third kappa shape index (κ3) is 6.83. The number of ether oxygens (including phenoxy) is 6. The topological polar surface area (TPSA) is 122 Å². The van der Waals surface area contributed by atoms with Crippen molar-refractivity contribution in [2.45, 2.75) is 19.4 Å². The van der Waals surface area contributed by atoms with Gasteiger partial charge in [0.2, 0.25) is 5.88 Å². The van der Waals surface area contributed by atoms with E-state index in [-0.39, 0.29) is 23.8 Å². The number of benzene rings is 4. The van der Waals surface area contributed by atoms with Crippen molar-refractivity contribution >= 4 is 17.6 Å². The first kappa shape index (κ1) is 30.1. The summed E-state index contributed by atoms with van der Waals surface area (Å²) in [5, 5.41) is 10.7. The summed E-state index contributed by atoms with van der Waals surface area (Å²) >= 11 is 5.99. The van der Waals surface area contributed by atoms with Crippen LogP contribution < -0.4 is 34.2 Å². The SMILES string of the molecule is CCOc1cc(C2C(C#N)=C(N)Oc3cc(OC(=O)COc4ccccc4OC)ccc32)ccc1OCc1ccc(Cl)cc1. The average Bonchev–Trinajstić information content (AvgIpc) is 3.03. The molecular formula is C34H29ClN2O7. The molecule has 10 heteroatoms. The van der Waals surface area contributed by atoms with Crippen LogP contribution in [-0.4, -0.2) is 26.3 Å². The second kappa shape index (κ2) is 13.8. The summed E-state index contributed by atoms with van der Waals surface area (Å²) in [4.78, 5) is 12.6. The number of fused-ring (bicyclic) bond motifs is 1. The molecule has 44 heavy (non-hydrogen) atoms. The molecule has 0 amide bonds. The average molecular weight is 613 g/mol. The Balaban J connectivity index is 1.36. The Morgan fingerprint density at radius 1 is 0.932 bits per heavy atom. The molecule has 1 aliphatic rings. The highest BCUT2D eigenvalue weighted by Gasteiger charge is 2.32. The highest BCUT2D eigenvalue weighted by atomic mass is 35.5. The molecule has 9 nitrogen and oxygen atoms in total. The monoisotopic (exact) mass is 612 g/mol. The molecule has 0 aliphatic carbocycles. The summed E-state index contributed by atoms with van der Waals surface area (Å²) < 4.78 is 34.1. The zero-order valence-electron chi connectivity index (χ0n) is 24.0. The molecule has 0 saturated heterocycles. The number of halogens is 1. The lowest BCUT2D eigenvalue weighted by molar-refractivity contribution is -0.136. The van der Waals surface area contributed by atoms with Crippen LogP contribution in [0.2, 0.25) is 5.02 Å². The number of nitriles is 1. The summed E-state index contributed by atoms with van der Waals surface area (Å²) in [7, 11) is 1.52. The van der Waals surface area contributed by atoms with E-state index in [0.717, 1.165) is 11.1 Å². The number of nitrogens with zero attached hydrogens (tertiary/aromatic N) is 1. The highest BCUT2D eigenvalue weighted by Crippen LogP contribution is 2.45. The molecule has 1 unspecified atom stereocenters. The lowest BCUT2D eigenvalue weighted by Crippen LogP contribution is -2.22. The van der Waals surface area contributed by atoms with Crippen molar-refractivity contribution in [2.24, 2.45) is 5.73 Å². The third-order valence-electron chi connectivity index (χ3n) is 6.75. The van der Waals surface area contributed by atoms with E-state index in [1.165, 1.54) is 7.11 Å². The van der Waals surface area contributed by atoms with Gasteiger partial charge in [-0.2, -0.15) is 5.26 Å². The van der Waals surface area contributed by atoms with E-state index >= 15 is 0 Å². The molecule has 2 N–H and O–H groups in total. The Hall–Kier alpha value is -5.33. The molecule has 4 aromatic rings. The predicted octanol–water partition coefficient (Wildman–Crippen LogP) is 6.53. The molecule has 4 aromatic carbocycles. The molecule has 0 fully saturated rings. The smallest absolute Gasteiger partial charge is 0.349 e. The molecule has 0 saturated carbocycles. The number of esters is 1. The van der Waals surface area contributed by atoms with E-state index in [1.807, 2.05) is 31.2 Å². The van der Waals surface area contributed by atoms with Crippen LogP contribution in [-0.2, 0) is 11.4 Å². The third-order valence-corrected chi connectivity index (χ3v) is 7.00. The van der Waals surface area contributed by atoms with Crippen molar-refractivity contribution in [3.8, 4) is 40.6 Å². The van der Waals surface area contributed by atoms with Gasteiger partial charge < -0.3 is 34.2 Å². The largest absolute Gasteiger partial charge is 0.493 e. The fourth-order valence-corrected chi connectivity index (χ4v) is 4.84. The number of nitrogens with two attached hydrogens (primary N) is 1. The van der Waals surface area contributed by atoms with Gasteiger partial charge >= 0.3 is 5.97 Å². The van der Waals surface area contributed by atoms with Gasteiger partial charge in [0.25, 0.3) is 0 Å². The number of hydrogen-bond acceptors (Lipinski definition) is 9. The van der Waals surface area contributed by atoms with E-state index in [0.29, 0.717) is 52.5 Å². The van der Waals surface area contributed by atoms with Gasteiger partial charge in [0.15, 0.2) is 29.6 Å². The van der Waals surface area contributed by atoms with Gasteiger partial charge in [0, 0.05) is 16.7 Å². The molecule has 1 atom stereocenters. The highest BCUT2D eigenvalue weighted by molar-refractivity contribution is 6.30. The molecule has 0 spiro atoms. The predicted molar refractivity (Wildman–Crippen MR) is 163 cm³/mol. The molecule has 0 bridgehead atoms. The maximum atomic E-state index is 12.6. The molecular weight excluding hydrogens is 584 g/mol. The van der Waals surface area contributed by atoms with Crippen molar-refractivity contribution < 1.29 is 33.2 Å². The molecule has 0 radical (unpaired) electrons. The Kier molecular flexibility index (Phi) is 9.43. The van der Waals surface area contributed by atoms with Crippen LogP contribution in [0.25, 0.3) is 0 Å². The summed E-state index contributed by atoms with van der Waals surface area (Å²) in [6, 6.07) is 27.0. The van der Waals surface area contributed by atoms with Crippen LogP contribution >= 0.6 is 11.6 Å². The summed E-state index contributed by atoms with van der Waals surface area (Å²) in [5.41, 5.74) is 8.80. The Labute approximate surface area is 259 Å². The van der Waals surface area contributed by atoms with Gasteiger partial charge in [0.05, 0.1) is 19.6 Å². The number of allylic oxidation sites excluding steroid dienone is 1. The molecule has 5 rings (SSSR count). The van der Waals surface area contributed by atoms with Crippen molar-refractivity contribution in [1.82, 2.24) is 0 Å². The standard InChI is InChI=1S/C34H29ClN2O7/c1-3-40-31-16-22(10-15-29(31)41-19-21-8-11-23(35)12-9-21)33-25-14-13-24(17-30(25)44-34(37)26(33)18-36)43-32(38)20-42-28-7-5-4-6-27(28)39-2/h4-17,33H,3,19-20,37H2,1-2H3. The quantitative estimate of drug-likeness (QED) is 0.149. The Morgan fingerprint density at radius 2 is 1.68 bits per heavy atom. The zero-order chi connectivity index (χ0) is 31.1. The number of rotatable bonds is 11. The minimum absolute atomic E-state index is 0.0472. The fraction of sp³-hybridized carbons (Fsp3) is 0.176. The number of carbonyl (C=O) groups is 1. The number of carbonyl (C=O) groups excluding carboxylic acids is 1. The maximum Gasteiger partial charge on any atom is 0.349 e. The van der Waals surface area contributed by atoms with E-state index in [9.17, 15) is 10.1 Å². The van der Waals surface area contributed by atoms with Gasteiger partial charge in [-0.25, -0.2) is 4.79 Å². The first-order chi connectivity index (χ1) is 21.4. The second-order valence-corrected chi connectivity index (χ2v) is 10.0. The number of hydrogen-bond donors (Lipinski definition) is 1. The first-order valence-corrected chi connectivity index (χ1v) is 14.1. The van der Waals surface area contributed by atoms with Crippen molar-refractivity contribution in [3.63, 3.8) is 0 Å². The first-order valence-electron chi connectivity index (χ1n) is 13.7. The lowest BCUT2D eigenvalue weighted by atomic mass is 9.83. The van der Waals surface area contributed by atoms with Crippen LogP contribution in [0.4, 0.5) is 0 Å². The molecule has 224 valence electrons.